The number of aliphatic hydroxyl groups excluding tert-OH is 1. The first kappa shape index (κ1) is 20.2. The number of esters is 1. The lowest BCUT2D eigenvalue weighted by atomic mass is 9.69. The average molecular weight is 402 g/mol. The van der Waals surface area contributed by atoms with Crippen LogP contribution < -0.4 is 9.47 Å². The summed E-state index contributed by atoms with van der Waals surface area (Å²) in [5.41, 5.74) is 1.59. The van der Waals surface area contributed by atoms with E-state index in [2.05, 4.69) is 24.0 Å². The molecule has 0 aromatic heterocycles. The number of hydrogen-bond donors (Lipinski definition) is 1. The molecule has 2 heterocycles. The fourth-order valence-corrected chi connectivity index (χ4v) is 4.58. The Hall–Kier alpha value is -2.05. The van der Waals surface area contributed by atoms with Crippen molar-refractivity contribution in [2.75, 3.05) is 19.9 Å². The number of rotatable bonds is 4. The molecule has 1 spiro atoms. The Morgan fingerprint density at radius 2 is 2.17 bits per heavy atom. The Morgan fingerprint density at radius 1 is 1.38 bits per heavy atom. The molecule has 0 fully saturated rings. The minimum absolute atomic E-state index is 0.116. The van der Waals surface area contributed by atoms with Gasteiger partial charge in [-0.05, 0) is 51.9 Å². The third kappa shape index (κ3) is 3.53. The molecule has 1 N–H and O–H groups in total. The summed E-state index contributed by atoms with van der Waals surface area (Å²) in [5.74, 6) is 1.02. The molecular formula is C23H31NO5. The second kappa shape index (κ2) is 7.33. The largest absolute Gasteiger partial charge is 0.485 e. The maximum absolute atomic E-state index is 12.0. The Morgan fingerprint density at radius 3 is 2.90 bits per heavy atom. The van der Waals surface area contributed by atoms with Crippen molar-refractivity contribution in [3.8, 4) is 11.5 Å². The van der Waals surface area contributed by atoms with E-state index in [-0.39, 0.29) is 24.3 Å². The van der Waals surface area contributed by atoms with Crippen molar-refractivity contribution >= 4 is 5.97 Å². The van der Waals surface area contributed by atoms with Crippen molar-refractivity contribution in [3.63, 3.8) is 0 Å². The summed E-state index contributed by atoms with van der Waals surface area (Å²) < 4.78 is 17.5. The molecule has 6 nitrogen and oxygen atoms in total. The van der Waals surface area contributed by atoms with Gasteiger partial charge >= 0.3 is 5.97 Å². The van der Waals surface area contributed by atoms with Crippen LogP contribution in [0.5, 0.6) is 11.5 Å². The van der Waals surface area contributed by atoms with Crippen molar-refractivity contribution in [1.29, 1.82) is 0 Å². The second-order valence-corrected chi connectivity index (χ2v) is 9.30. The van der Waals surface area contributed by atoms with E-state index in [0.717, 1.165) is 31.8 Å². The SMILES string of the molecule is CCN1CCC23C=CC(O)CC2Oc2c(OCOC(=O)C(C)(C)C)ccc(c23)C1. The monoisotopic (exact) mass is 401 g/mol. The van der Waals surface area contributed by atoms with Crippen LogP contribution in [0.4, 0.5) is 0 Å². The average Bonchev–Trinajstić information content (AvgIpc) is 2.90. The van der Waals surface area contributed by atoms with E-state index in [1.54, 1.807) is 0 Å². The van der Waals surface area contributed by atoms with E-state index in [0.29, 0.717) is 12.2 Å². The van der Waals surface area contributed by atoms with Gasteiger partial charge in [-0.15, -0.1) is 0 Å². The molecule has 4 rings (SSSR count). The number of benzene rings is 1. The Kier molecular flexibility index (Phi) is 5.11. The molecule has 0 saturated carbocycles. The Bertz CT molecular complexity index is 827. The van der Waals surface area contributed by atoms with Gasteiger partial charge in [0.2, 0.25) is 6.79 Å². The van der Waals surface area contributed by atoms with Crippen LogP contribution in [0.3, 0.4) is 0 Å². The van der Waals surface area contributed by atoms with E-state index < -0.39 is 11.5 Å². The fraction of sp³-hybridized carbons (Fsp3) is 0.609. The molecular weight excluding hydrogens is 370 g/mol. The lowest BCUT2D eigenvalue weighted by Crippen LogP contribution is -2.43. The summed E-state index contributed by atoms with van der Waals surface area (Å²) in [7, 11) is 0. The zero-order chi connectivity index (χ0) is 20.8. The number of nitrogens with zero attached hydrogens (tertiary/aromatic N) is 1. The molecule has 3 aliphatic rings. The van der Waals surface area contributed by atoms with Gasteiger partial charge in [0.25, 0.3) is 0 Å². The van der Waals surface area contributed by atoms with Gasteiger partial charge in [0.1, 0.15) is 6.10 Å². The number of aliphatic hydroxyl groups is 1. The smallest absolute Gasteiger partial charge is 0.314 e. The van der Waals surface area contributed by atoms with E-state index >= 15 is 0 Å². The summed E-state index contributed by atoms with van der Waals surface area (Å²) in [6.07, 6.45) is 4.94. The summed E-state index contributed by atoms with van der Waals surface area (Å²) in [6.45, 7) is 10.3. The molecule has 0 saturated heterocycles. The van der Waals surface area contributed by atoms with Crippen LogP contribution in [0, 0.1) is 5.41 Å². The maximum Gasteiger partial charge on any atom is 0.314 e. The number of hydrogen-bond acceptors (Lipinski definition) is 6. The highest BCUT2D eigenvalue weighted by molar-refractivity contribution is 5.75. The minimum atomic E-state index is -0.575. The van der Waals surface area contributed by atoms with E-state index in [1.165, 1.54) is 11.1 Å². The molecule has 0 radical (unpaired) electrons. The molecule has 1 aromatic carbocycles. The first-order chi connectivity index (χ1) is 13.7. The summed E-state index contributed by atoms with van der Waals surface area (Å²) in [6, 6.07) is 4.00. The van der Waals surface area contributed by atoms with Gasteiger partial charge in [0, 0.05) is 18.5 Å². The quantitative estimate of drug-likeness (QED) is 0.475. The highest BCUT2D eigenvalue weighted by Gasteiger charge is 2.52. The molecule has 29 heavy (non-hydrogen) atoms. The van der Waals surface area contributed by atoms with Crippen molar-refractivity contribution in [1.82, 2.24) is 4.90 Å². The van der Waals surface area contributed by atoms with Crippen molar-refractivity contribution in [2.24, 2.45) is 5.41 Å². The topological polar surface area (TPSA) is 68.2 Å². The number of carbonyl (C=O) groups excluding carboxylic acids is 1. The standard InChI is InChI=1S/C23H31NO5/c1-5-24-11-10-23-9-8-16(25)12-18(23)29-20-17(7-6-15(13-24)19(20)23)27-14-28-21(26)22(2,3)4/h6-9,16,18,25H,5,10-14H2,1-4H3. The van der Waals surface area contributed by atoms with Gasteiger partial charge in [-0.3, -0.25) is 9.69 Å². The van der Waals surface area contributed by atoms with Gasteiger partial charge in [0.05, 0.1) is 16.9 Å². The molecule has 6 heteroatoms. The second-order valence-electron chi connectivity index (χ2n) is 9.30. The van der Waals surface area contributed by atoms with Gasteiger partial charge in [-0.25, -0.2) is 0 Å². The summed E-state index contributed by atoms with van der Waals surface area (Å²) in [5, 5.41) is 10.2. The number of ether oxygens (including phenoxy) is 3. The van der Waals surface area contributed by atoms with Crippen molar-refractivity contribution in [2.45, 2.75) is 64.7 Å². The lowest BCUT2D eigenvalue weighted by Gasteiger charge is -2.35. The first-order valence-electron chi connectivity index (χ1n) is 10.5. The molecule has 3 unspecified atom stereocenters. The molecule has 158 valence electrons. The van der Waals surface area contributed by atoms with Crippen molar-refractivity contribution < 1.29 is 24.1 Å². The maximum atomic E-state index is 12.0. The van der Waals surface area contributed by atoms with Gasteiger partial charge < -0.3 is 19.3 Å². The lowest BCUT2D eigenvalue weighted by molar-refractivity contribution is -0.159. The minimum Gasteiger partial charge on any atom is -0.485 e. The molecule has 0 amide bonds. The van der Waals surface area contributed by atoms with E-state index in [4.69, 9.17) is 14.2 Å². The normalized spacial score (nSPS) is 28.2. The first-order valence-corrected chi connectivity index (χ1v) is 10.5. The van der Waals surface area contributed by atoms with Crippen LogP contribution in [0.25, 0.3) is 0 Å². The van der Waals surface area contributed by atoms with E-state index in [1.807, 2.05) is 32.9 Å². The van der Waals surface area contributed by atoms with Crippen molar-refractivity contribution in [3.05, 3.63) is 35.4 Å². The molecule has 0 bridgehead atoms. The zero-order valence-electron chi connectivity index (χ0n) is 17.7. The van der Waals surface area contributed by atoms with Crippen LogP contribution >= 0.6 is 0 Å². The highest BCUT2D eigenvalue weighted by atomic mass is 16.7. The van der Waals surface area contributed by atoms with Gasteiger partial charge in [0.15, 0.2) is 11.5 Å². The van der Waals surface area contributed by atoms with E-state index in [9.17, 15) is 9.90 Å². The predicted octanol–water partition coefficient (Wildman–Crippen LogP) is 3.16. The van der Waals surface area contributed by atoms with Gasteiger partial charge in [-0.1, -0.05) is 25.1 Å². The Labute approximate surface area is 172 Å². The van der Waals surface area contributed by atoms with Crippen LogP contribution in [-0.2, 0) is 21.5 Å². The molecule has 1 aliphatic carbocycles. The van der Waals surface area contributed by atoms with Crippen LogP contribution in [-0.4, -0.2) is 48.1 Å². The third-order valence-corrected chi connectivity index (χ3v) is 6.28. The molecule has 3 atom stereocenters. The number of carbonyl (C=O) groups is 1. The summed E-state index contributed by atoms with van der Waals surface area (Å²) >= 11 is 0. The van der Waals surface area contributed by atoms with Crippen LogP contribution in [0.1, 0.15) is 51.7 Å². The van der Waals surface area contributed by atoms with Crippen LogP contribution in [0.2, 0.25) is 0 Å². The molecule has 1 aromatic rings. The fourth-order valence-electron chi connectivity index (χ4n) is 4.58. The predicted molar refractivity (Wildman–Crippen MR) is 109 cm³/mol. The molecule has 2 aliphatic heterocycles. The highest BCUT2D eigenvalue weighted by Crippen LogP contribution is 2.55. The van der Waals surface area contributed by atoms with Crippen LogP contribution in [0.15, 0.2) is 24.3 Å². The summed E-state index contributed by atoms with van der Waals surface area (Å²) in [4.78, 5) is 14.5. The zero-order valence-corrected chi connectivity index (χ0v) is 17.7. The Balaban J connectivity index is 1.66. The van der Waals surface area contributed by atoms with Gasteiger partial charge in [-0.2, -0.15) is 0 Å². The third-order valence-electron chi connectivity index (χ3n) is 6.28.